The van der Waals surface area contributed by atoms with Gasteiger partial charge in [-0.2, -0.15) is 0 Å². The fraction of sp³-hybridized carbons (Fsp3) is 0.579. The van der Waals surface area contributed by atoms with Gasteiger partial charge in [-0.1, -0.05) is 49.6 Å². The number of benzene rings is 1. The van der Waals surface area contributed by atoms with Gasteiger partial charge in [-0.15, -0.1) is 0 Å². The fourth-order valence-electron chi connectivity index (χ4n) is 3.22. The second-order valence-electron chi connectivity index (χ2n) is 6.10. The minimum atomic E-state index is -0.221. The molecule has 0 aromatic heterocycles. The van der Waals surface area contributed by atoms with Crippen LogP contribution in [-0.4, -0.2) is 36.0 Å². The topological polar surface area (TPSA) is 46.6 Å². The van der Waals surface area contributed by atoms with Gasteiger partial charge in [-0.3, -0.25) is 9.59 Å². The Morgan fingerprint density at radius 3 is 2.48 bits per heavy atom. The molecule has 0 spiro atoms. The summed E-state index contributed by atoms with van der Waals surface area (Å²) in [7, 11) is 0. The van der Waals surface area contributed by atoms with E-state index in [1.165, 1.54) is 19.3 Å². The molecule has 1 saturated carbocycles. The summed E-state index contributed by atoms with van der Waals surface area (Å²) >= 11 is 0. The summed E-state index contributed by atoms with van der Waals surface area (Å²) in [6, 6.07) is 10.1. The first-order valence-electron chi connectivity index (χ1n) is 8.69. The van der Waals surface area contributed by atoms with Crippen LogP contribution in [0.5, 0.6) is 0 Å². The Morgan fingerprint density at radius 1 is 1.13 bits per heavy atom. The molecular weight excluding hydrogens is 290 g/mol. The molecule has 0 N–H and O–H groups in total. The Hall–Kier alpha value is -1.84. The van der Waals surface area contributed by atoms with Crippen LogP contribution in [0.3, 0.4) is 0 Å². The zero-order chi connectivity index (χ0) is 16.5. The third-order valence-electron chi connectivity index (χ3n) is 4.40. The Kier molecular flexibility index (Phi) is 7.11. The quantitative estimate of drug-likeness (QED) is 0.725. The number of hydrogen-bond donors (Lipinski definition) is 0. The molecule has 0 bridgehead atoms. The van der Waals surface area contributed by atoms with E-state index in [-0.39, 0.29) is 24.3 Å². The standard InChI is InChI=1S/C19H27NO3/c1-2-23-19(22)13-14-20(17-11-7-4-8-12-17)18(21)15-16-9-5-3-6-10-16/h3,5-6,9-10,17H,2,4,7-8,11-15H2,1H3. The molecule has 0 heterocycles. The zero-order valence-corrected chi connectivity index (χ0v) is 14.0. The lowest BCUT2D eigenvalue weighted by Gasteiger charge is -2.34. The maximum absolute atomic E-state index is 12.8. The lowest BCUT2D eigenvalue weighted by atomic mass is 9.93. The predicted octanol–water partition coefficient (Wildman–Crippen LogP) is 3.34. The molecule has 4 nitrogen and oxygen atoms in total. The maximum Gasteiger partial charge on any atom is 0.307 e. The lowest BCUT2D eigenvalue weighted by Crippen LogP contribution is -2.43. The molecule has 0 unspecified atom stereocenters. The van der Waals surface area contributed by atoms with E-state index in [9.17, 15) is 9.59 Å². The summed E-state index contributed by atoms with van der Waals surface area (Å²) in [5.41, 5.74) is 1.02. The van der Waals surface area contributed by atoms with Gasteiger partial charge in [-0.25, -0.2) is 0 Å². The summed E-state index contributed by atoms with van der Waals surface area (Å²) < 4.78 is 5.00. The summed E-state index contributed by atoms with van der Waals surface area (Å²) in [5.74, 6) is -0.104. The first-order valence-corrected chi connectivity index (χ1v) is 8.69. The molecule has 1 aromatic carbocycles. The Morgan fingerprint density at radius 2 is 1.83 bits per heavy atom. The van der Waals surface area contributed by atoms with Crippen molar-refractivity contribution in [2.45, 2.75) is 57.9 Å². The fourth-order valence-corrected chi connectivity index (χ4v) is 3.22. The highest BCUT2D eigenvalue weighted by atomic mass is 16.5. The molecule has 2 rings (SSSR count). The van der Waals surface area contributed by atoms with E-state index in [2.05, 4.69) is 0 Å². The minimum Gasteiger partial charge on any atom is -0.466 e. The summed E-state index contributed by atoms with van der Waals surface area (Å²) in [4.78, 5) is 26.3. The van der Waals surface area contributed by atoms with Gasteiger partial charge in [0.05, 0.1) is 19.4 Å². The molecule has 1 amide bonds. The number of hydrogen-bond acceptors (Lipinski definition) is 3. The van der Waals surface area contributed by atoms with Gasteiger partial charge in [0, 0.05) is 12.6 Å². The van der Waals surface area contributed by atoms with Crippen molar-refractivity contribution in [2.75, 3.05) is 13.2 Å². The molecule has 0 atom stereocenters. The van der Waals surface area contributed by atoms with Crippen LogP contribution in [0, 0.1) is 0 Å². The highest BCUT2D eigenvalue weighted by Gasteiger charge is 2.25. The second-order valence-corrected chi connectivity index (χ2v) is 6.10. The Labute approximate surface area is 138 Å². The third kappa shape index (κ3) is 5.70. The van der Waals surface area contributed by atoms with Gasteiger partial charge in [0.15, 0.2) is 0 Å². The van der Waals surface area contributed by atoms with Gasteiger partial charge in [0.1, 0.15) is 0 Å². The van der Waals surface area contributed by atoms with Crippen LogP contribution >= 0.6 is 0 Å². The number of ether oxygens (including phenoxy) is 1. The van der Waals surface area contributed by atoms with Gasteiger partial charge in [-0.05, 0) is 25.3 Å². The molecule has 1 fully saturated rings. The molecule has 0 saturated heterocycles. The number of esters is 1. The molecule has 0 aliphatic heterocycles. The first-order chi connectivity index (χ1) is 11.2. The van der Waals surface area contributed by atoms with Crippen LogP contribution in [0.2, 0.25) is 0 Å². The third-order valence-corrected chi connectivity index (χ3v) is 4.40. The van der Waals surface area contributed by atoms with E-state index in [1.54, 1.807) is 6.92 Å². The van der Waals surface area contributed by atoms with Gasteiger partial charge >= 0.3 is 5.97 Å². The molecular formula is C19H27NO3. The average Bonchev–Trinajstić information content (AvgIpc) is 2.57. The van der Waals surface area contributed by atoms with Crippen LogP contribution in [0.4, 0.5) is 0 Å². The first kappa shape index (κ1) is 17.5. The summed E-state index contributed by atoms with van der Waals surface area (Å²) in [5, 5.41) is 0. The van der Waals surface area contributed by atoms with Crippen molar-refractivity contribution >= 4 is 11.9 Å². The minimum absolute atomic E-state index is 0.118. The molecule has 1 aromatic rings. The summed E-state index contributed by atoms with van der Waals surface area (Å²) in [6.07, 6.45) is 6.35. The number of amides is 1. The van der Waals surface area contributed by atoms with Crippen LogP contribution < -0.4 is 0 Å². The van der Waals surface area contributed by atoms with Crippen molar-refractivity contribution in [1.82, 2.24) is 4.90 Å². The number of rotatable bonds is 7. The summed E-state index contributed by atoms with van der Waals surface area (Å²) in [6.45, 7) is 2.66. The van der Waals surface area contributed by atoms with Crippen molar-refractivity contribution in [3.63, 3.8) is 0 Å². The van der Waals surface area contributed by atoms with Gasteiger partial charge in [0.2, 0.25) is 5.91 Å². The molecule has 126 valence electrons. The Balaban J connectivity index is 1.99. The largest absolute Gasteiger partial charge is 0.466 e. The maximum atomic E-state index is 12.8. The van der Waals surface area contributed by atoms with Crippen LogP contribution in [-0.2, 0) is 20.7 Å². The van der Waals surface area contributed by atoms with E-state index in [4.69, 9.17) is 4.74 Å². The Bertz CT molecular complexity index is 495. The van der Waals surface area contributed by atoms with Crippen LogP contribution in [0.1, 0.15) is 51.0 Å². The number of carbonyl (C=O) groups is 2. The molecule has 23 heavy (non-hydrogen) atoms. The normalized spacial score (nSPS) is 15.2. The van der Waals surface area contributed by atoms with Crippen molar-refractivity contribution in [2.24, 2.45) is 0 Å². The SMILES string of the molecule is CCOC(=O)CCN(C(=O)Cc1ccccc1)C1CCCCC1. The van der Waals surface area contributed by atoms with E-state index in [0.717, 1.165) is 18.4 Å². The van der Waals surface area contributed by atoms with Crippen molar-refractivity contribution in [3.8, 4) is 0 Å². The lowest BCUT2D eigenvalue weighted by molar-refractivity contribution is -0.144. The highest BCUT2D eigenvalue weighted by molar-refractivity contribution is 5.80. The van der Waals surface area contributed by atoms with Crippen LogP contribution in [0.25, 0.3) is 0 Å². The monoisotopic (exact) mass is 317 g/mol. The predicted molar refractivity (Wildman–Crippen MR) is 90.0 cm³/mol. The van der Waals surface area contributed by atoms with Crippen LogP contribution in [0.15, 0.2) is 30.3 Å². The highest BCUT2D eigenvalue weighted by Crippen LogP contribution is 2.23. The van der Waals surface area contributed by atoms with Crippen molar-refractivity contribution in [3.05, 3.63) is 35.9 Å². The molecule has 1 aliphatic rings. The van der Waals surface area contributed by atoms with Crippen molar-refractivity contribution in [1.29, 1.82) is 0 Å². The number of carbonyl (C=O) groups excluding carboxylic acids is 2. The van der Waals surface area contributed by atoms with Gasteiger partial charge in [0.25, 0.3) is 0 Å². The molecule has 4 heteroatoms. The molecule has 0 radical (unpaired) electrons. The van der Waals surface area contributed by atoms with E-state index in [0.29, 0.717) is 19.6 Å². The van der Waals surface area contributed by atoms with Gasteiger partial charge < -0.3 is 9.64 Å². The average molecular weight is 317 g/mol. The molecule has 1 aliphatic carbocycles. The smallest absolute Gasteiger partial charge is 0.307 e. The second kappa shape index (κ2) is 9.33. The number of nitrogens with zero attached hydrogens (tertiary/aromatic N) is 1. The van der Waals surface area contributed by atoms with Crippen molar-refractivity contribution < 1.29 is 14.3 Å². The van der Waals surface area contributed by atoms with E-state index >= 15 is 0 Å². The zero-order valence-electron chi connectivity index (χ0n) is 14.0. The van der Waals surface area contributed by atoms with E-state index in [1.807, 2.05) is 35.2 Å². The van der Waals surface area contributed by atoms with E-state index < -0.39 is 0 Å².